The molecule has 4 nitrogen and oxygen atoms in total. The van der Waals surface area contributed by atoms with Gasteiger partial charge in [0.25, 0.3) is 0 Å². The van der Waals surface area contributed by atoms with Crippen molar-refractivity contribution in [1.82, 2.24) is 5.32 Å². The summed E-state index contributed by atoms with van der Waals surface area (Å²) in [5.41, 5.74) is 0.944. The molecule has 18 heavy (non-hydrogen) atoms. The van der Waals surface area contributed by atoms with Crippen molar-refractivity contribution in [3.05, 3.63) is 28.2 Å². The van der Waals surface area contributed by atoms with Gasteiger partial charge in [-0.15, -0.1) is 0 Å². The third kappa shape index (κ3) is 4.14. The molecule has 0 aliphatic carbocycles. The van der Waals surface area contributed by atoms with Crippen LogP contribution in [-0.4, -0.2) is 18.8 Å². The number of halogens is 1. The minimum absolute atomic E-state index is 0.0817. The minimum atomic E-state index is -0.262. The van der Waals surface area contributed by atoms with Crippen molar-refractivity contribution in [2.24, 2.45) is 0 Å². The normalized spacial score (nSPS) is 11.8. The highest BCUT2D eigenvalue weighted by molar-refractivity contribution is 9.10. The lowest BCUT2D eigenvalue weighted by Crippen LogP contribution is -2.27. The van der Waals surface area contributed by atoms with E-state index in [-0.39, 0.29) is 24.2 Å². The Morgan fingerprint density at radius 1 is 1.44 bits per heavy atom. The van der Waals surface area contributed by atoms with Crippen LogP contribution in [0, 0.1) is 0 Å². The van der Waals surface area contributed by atoms with E-state index in [1.165, 1.54) is 6.92 Å². The van der Waals surface area contributed by atoms with Crippen LogP contribution in [0.2, 0.25) is 0 Å². The standard InChI is InChI=1S/C13H16BrNO3/c1-8(16)6-13(17)15-9(2)10-4-5-12(18-3)11(14)7-10/h4-5,7,9H,6H2,1-3H3,(H,15,17). The van der Waals surface area contributed by atoms with Crippen molar-refractivity contribution < 1.29 is 14.3 Å². The van der Waals surface area contributed by atoms with Gasteiger partial charge in [-0.25, -0.2) is 0 Å². The summed E-state index contributed by atoms with van der Waals surface area (Å²) in [6.45, 7) is 3.26. The van der Waals surface area contributed by atoms with Crippen molar-refractivity contribution in [1.29, 1.82) is 0 Å². The monoisotopic (exact) mass is 313 g/mol. The van der Waals surface area contributed by atoms with Crippen LogP contribution in [-0.2, 0) is 9.59 Å². The maximum absolute atomic E-state index is 11.5. The first kappa shape index (κ1) is 14.7. The Bertz CT molecular complexity index is 460. The molecule has 0 saturated heterocycles. The van der Waals surface area contributed by atoms with E-state index in [0.29, 0.717) is 0 Å². The molecule has 1 N–H and O–H groups in total. The summed E-state index contributed by atoms with van der Waals surface area (Å²) in [6.07, 6.45) is -0.0817. The molecular formula is C13H16BrNO3. The van der Waals surface area contributed by atoms with Gasteiger partial charge in [0, 0.05) is 0 Å². The van der Waals surface area contributed by atoms with Gasteiger partial charge in [-0.1, -0.05) is 6.07 Å². The number of amides is 1. The zero-order chi connectivity index (χ0) is 13.7. The number of ketones is 1. The van der Waals surface area contributed by atoms with E-state index < -0.39 is 0 Å². The highest BCUT2D eigenvalue weighted by Gasteiger charge is 2.12. The van der Waals surface area contributed by atoms with Gasteiger partial charge in [0.2, 0.25) is 5.91 Å². The van der Waals surface area contributed by atoms with Crippen LogP contribution in [0.5, 0.6) is 5.75 Å². The molecule has 1 aromatic carbocycles. The molecule has 0 fully saturated rings. The van der Waals surface area contributed by atoms with Gasteiger partial charge in [0.05, 0.1) is 24.0 Å². The van der Waals surface area contributed by atoms with E-state index >= 15 is 0 Å². The summed E-state index contributed by atoms with van der Waals surface area (Å²) >= 11 is 3.39. The number of benzene rings is 1. The Hall–Kier alpha value is -1.36. The van der Waals surface area contributed by atoms with Crippen molar-refractivity contribution in [2.45, 2.75) is 26.3 Å². The number of methoxy groups -OCH3 is 1. The molecule has 0 spiro atoms. The van der Waals surface area contributed by atoms with E-state index in [9.17, 15) is 9.59 Å². The van der Waals surface area contributed by atoms with Gasteiger partial charge in [-0.05, 0) is 47.5 Å². The Morgan fingerprint density at radius 3 is 2.61 bits per heavy atom. The molecule has 1 aromatic rings. The lowest BCUT2D eigenvalue weighted by atomic mass is 10.1. The maximum Gasteiger partial charge on any atom is 0.227 e. The average molecular weight is 314 g/mol. The van der Waals surface area contributed by atoms with Crippen molar-refractivity contribution in [3.8, 4) is 5.75 Å². The number of hydrogen-bond donors (Lipinski definition) is 1. The second kappa shape index (κ2) is 6.54. The van der Waals surface area contributed by atoms with Crippen LogP contribution in [0.15, 0.2) is 22.7 Å². The highest BCUT2D eigenvalue weighted by Crippen LogP contribution is 2.27. The predicted molar refractivity (Wildman–Crippen MR) is 72.5 cm³/mol. The molecule has 0 aromatic heterocycles. The molecule has 1 unspecified atom stereocenters. The fourth-order valence-corrected chi connectivity index (χ4v) is 2.11. The predicted octanol–water partition coefficient (Wildman–Crippen LogP) is 2.61. The van der Waals surface area contributed by atoms with E-state index in [1.54, 1.807) is 7.11 Å². The molecule has 5 heteroatoms. The SMILES string of the molecule is COc1ccc(C(C)NC(=O)CC(C)=O)cc1Br. The molecule has 0 aliphatic rings. The fourth-order valence-electron chi connectivity index (χ4n) is 1.55. The van der Waals surface area contributed by atoms with Crippen LogP contribution in [0.1, 0.15) is 31.9 Å². The third-order valence-corrected chi connectivity index (χ3v) is 3.08. The Balaban J connectivity index is 2.72. The average Bonchev–Trinajstić information content (AvgIpc) is 2.27. The molecule has 0 bridgehead atoms. The van der Waals surface area contributed by atoms with Gasteiger partial charge < -0.3 is 10.1 Å². The van der Waals surface area contributed by atoms with Gasteiger partial charge >= 0.3 is 0 Å². The summed E-state index contributed by atoms with van der Waals surface area (Å²) < 4.78 is 5.96. The van der Waals surface area contributed by atoms with Crippen molar-refractivity contribution in [2.75, 3.05) is 7.11 Å². The van der Waals surface area contributed by atoms with Gasteiger partial charge in [-0.2, -0.15) is 0 Å². The van der Waals surface area contributed by atoms with Crippen LogP contribution < -0.4 is 10.1 Å². The molecule has 0 aliphatic heterocycles. The number of nitrogens with one attached hydrogen (secondary N) is 1. The topological polar surface area (TPSA) is 55.4 Å². The molecule has 98 valence electrons. The maximum atomic E-state index is 11.5. The Labute approximate surface area is 115 Å². The van der Waals surface area contributed by atoms with Gasteiger partial charge in [-0.3, -0.25) is 9.59 Å². The lowest BCUT2D eigenvalue weighted by molar-refractivity contribution is -0.127. The Kier molecular flexibility index (Phi) is 5.34. The molecule has 1 amide bonds. The summed E-state index contributed by atoms with van der Waals surface area (Å²) in [7, 11) is 1.60. The minimum Gasteiger partial charge on any atom is -0.496 e. The fraction of sp³-hybridized carbons (Fsp3) is 0.385. The van der Waals surface area contributed by atoms with Gasteiger partial charge in [0.15, 0.2) is 0 Å². The Morgan fingerprint density at radius 2 is 2.11 bits per heavy atom. The van der Waals surface area contributed by atoms with Crippen LogP contribution in [0.4, 0.5) is 0 Å². The summed E-state index contributed by atoms with van der Waals surface area (Å²) in [5, 5.41) is 2.77. The lowest BCUT2D eigenvalue weighted by Gasteiger charge is -2.15. The van der Waals surface area contributed by atoms with E-state index in [4.69, 9.17) is 4.74 Å². The second-order valence-electron chi connectivity index (χ2n) is 4.06. The molecule has 1 rings (SSSR count). The largest absolute Gasteiger partial charge is 0.496 e. The van der Waals surface area contributed by atoms with Crippen LogP contribution in [0.3, 0.4) is 0 Å². The zero-order valence-electron chi connectivity index (χ0n) is 10.6. The summed E-state index contributed by atoms with van der Waals surface area (Å²) in [6, 6.07) is 5.44. The zero-order valence-corrected chi connectivity index (χ0v) is 12.2. The number of carbonyl (C=O) groups is 2. The van der Waals surface area contributed by atoms with Crippen molar-refractivity contribution >= 4 is 27.6 Å². The van der Waals surface area contributed by atoms with E-state index in [0.717, 1.165) is 15.8 Å². The third-order valence-electron chi connectivity index (χ3n) is 2.46. The van der Waals surface area contributed by atoms with Crippen LogP contribution >= 0.6 is 15.9 Å². The number of Topliss-reactive ketones (excluding diaryl/α,β-unsaturated/α-hetero) is 1. The number of carbonyl (C=O) groups excluding carboxylic acids is 2. The van der Waals surface area contributed by atoms with E-state index in [2.05, 4.69) is 21.2 Å². The van der Waals surface area contributed by atoms with E-state index in [1.807, 2.05) is 25.1 Å². The first-order chi connectivity index (χ1) is 8.43. The molecule has 0 heterocycles. The van der Waals surface area contributed by atoms with Gasteiger partial charge in [0.1, 0.15) is 11.5 Å². The smallest absolute Gasteiger partial charge is 0.227 e. The number of ether oxygens (including phenoxy) is 1. The highest BCUT2D eigenvalue weighted by atomic mass is 79.9. The number of hydrogen-bond acceptors (Lipinski definition) is 3. The quantitative estimate of drug-likeness (QED) is 0.850. The second-order valence-corrected chi connectivity index (χ2v) is 4.92. The molecule has 1 atom stereocenters. The molecular weight excluding hydrogens is 298 g/mol. The first-order valence-electron chi connectivity index (χ1n) is 5.56. The number of rotatable bonds is 5. The summed E-state index contributed by atoms with van der Waals surface area (Å²) in [5.74, 6) is 0.332. The molecule has 0 saturated carbocycles. The summed E-state index contributed by atoms with van der Waals surface area (Å²) in [4.78, 5) is 22.3. The van der Waals surface area contributed by atoms with Crippen LogP contribution in [0.25, 0.3) is 0 Å². The molecule has 0 radical (unpaired) electrons. The van der Waals surface area contributed by atoms with Crippen molar-refractivity contribution in [3.63, 3.8) is 0 Å². The first-order valence-corrected chi connectivity index (χ1v) is 6.35.